The quantitative estimate of drug-likeness (QED) is 0.161. The Balaban J connectivity index is 1.21. The molecule has 2 saturated carbocycles. The second-order valence-electron chi connectivity index (χ2n) is 15.6. The topological polar surface area (TPSA) is 121 Å². The average molecular weight is 624 g/mol. The molecule has 0 bridgehead atoms. The van der Waals surface area contributed by atoms with Crippen molar-refractivity contribution in [1.82, 2.24) is 25.6 Å². The average Bonchev–Trinajstić information content (AvgIpc) is 3.77. The first-order valence-corrected chi connectivity index (χ1v) is 16.1. The summed E-state index contributed by atoms with van der Waals surface area (Å²) in [7, 11) is 0. The Morgan fingerprint density at radius 3 is 1.85 bits per heavy atom. The number of aromatic nitrogens is 3. The molecule has 4 N–H and O–H groups in total. The van der Waals surface area contributed by atoms with E-state index in [-0.39, 0.29) is 22.9 Å². The van der Waals surface area contributed by atoms with E-state index in [1.807, 2.05) is 71.9 Å². The molecule has 2 atom stereocenters. The lowest BCUT2D eigenvalue weighted by Crippen LogP contribution is -2.38. The fourth-order valence-electron chi connectivity index (χ4n) is 5.79. The molecule has 2 aromatic carbocycles. The van der Waals surface area contributed by atoms with Crippen molar-refractivity contribution in [3.05, 3.63) is 65.1 Å². The lowest BCUT2D eigenvalue weighted by atomic mass is 9.96. The van der Waals surface area contributed by atoms with Crippen molar-refractivity contribution in [2.24, 2.45) is 10.8 Å². The summed E-state index contributed by atoms with van der Waals surface area (Å²) in [6, 6.07) is 13.7. The molecule has 9 nitrogen and oxygen atoms in total. The van der Waals surface area contributed by atoms with Gasteiger partial charge in [0.2, 0.25) is 0 Å². The Labute approximate surface area is 270 Å². The maximum absolute atomic E-state index is 12.7. The molecule has 46 heavy (non-hydrogen) atoms. The number of imidazole rings is 1. The molecule has 242 valence electrons. The molecule has 0 saturated heterocycles. The molecule has 0 aliphatic heterocycles. The third kappa shape index (κ3) is 7.17. The Hall–Kier alpha value is -4.45. The third-order valence-electron chi connectivity index (χ3n) is 8.87. The smallest absolute Gasteiger partial charge is 0.408 e. The van der Waals surface area contributed by atoms with Gasteiger partial charge in [0.05, 0.1) is 23.1 Å². The van der Waals surface area contributed by atoms with Crippen LogP contribution in [0.2, 0.25) is 0 Å². The van der Waals surface area contributed by atoms with Crippen molar-refractivity contribution in [3.63, 3.8) is 0 Å². The van der Waals surface area contributed by atoms with Gasteiger partial charge in [-0.3, -0.25) is 0 Å². The first-order chi connectivity index (χ1) is 21.5. The van der Waals surface area contributed by atoms with Crippen LogP contribution in [0.5, 0.6) is 0 Å². The van der Waals surface area contributed by atoms with Gasteiger partial charge in [-0.05, 0) is 120 Å². The molecule has 2 fully saturated rings. The number of rotatable bonds is 6. The number of nitrogens with zero attached hydrogens (tertiary/aromatic N) is 1. The van der Waals surface area contributed by atoms with Gasteiger partial charge in [0.1, 0.15) is 17.0 Å². The predicted octanol–water partition coefficient (Wildman–Crippen LogP) is 8.18. The summed E-state index contributed by atoms with van der Waals surface area (Å²) in [4.78, 5) is 37.1. The van der Waals surface area contributed by atoms with Crippen molar-refractivity contribution < 1.29 is 19.1 Å². The second-order valence-corrected chi connectivity index (χ2v) is 15.6. The van der Waals surface area contributed by atoms with Crippen LogP contribution in [0, 0.1) is 22.7 Å². The fraction of sp³-hybridized carbons (Fsp3) is 0.486. The maximum atomic E-state index is 12.7. The highest BCUT2D eigenvalue weighted by Gasteiger charge is 2.49. The summed E-state index contributed by atoms with van der Waals surface area (Å²) in [6.45, 7) is 15.5. The zero-order chi connectivity index (χ0) is 33.1. The molecular formula is C37H45N5O4. The van der Waals surface area contributed by atoms with Crippen molar-refractivity contribution in [3.8, 4) is 11.8 Å². The van der Waals surface area contributed by atoms with E-state index in [2.05, 4.69) is 58.4 Å². The normalized spacial score (nSPS) is 17.8. The van der Waals surface area contributed by atoms with E-state index in [9.17, 15) is 9.59 Å². The van der Waals surface area contributed by atoms with Gasteiger partial charge in [-0.25, -0.2) is 14.6 Å². The van der Waals surface area contributed by atoms with Gasteiger partial charge in [-0.15, -0.1) is 0 Å². The molecule has 0 spiro atoms. The number of aromatic amines is 2. The zero-order valence-corrected chi connectivity index (χ0v) is 28.1. The van der Waals surface area contributed by atoms with E-state index in [1.165, 1.54) is 0 Å². The van der Waals surface area contributed by atoms with Crippen LogP contribution in [0.3, 0.4) is 0 Å². The number of alkyl carbamates (subject to hydrolysis) is 2. The molecule has 0 unspecified atom stereocenters. The highest BCUT2D eigenvalue weighted by atomic mass is 16.6. The lowest BCUT2D eigenvalue weighted by Gasteiger charge is -2.26. The molecule has 6 rings (SSSR count). The van der Waals surface area contributed by atoms with Crippen LogP contribution >= 0.6 is 0 Å². The number of benzene rings is 2. The summed E-state index contributed by atoms with van der Waals surface area (Å²) < 4.78 is 11.1. The van der Waals surface area contributed by atoms with Crippen LogP contribution in [0.1, 0.15) is 116 Å². The molecule has 2 heterocycles. The summed E-state index contributed by atoms with van der Waals surface area (Å²) >= 11 is 0. The highest BCUT2D eigenvalue weighted by Crippen LogP contribution is 2.55. The van der Waals surface area contributed by atoms with Gasteiger partial charge in [0, 0.05) is 22.3 Å². The van der Waals surface area contributed by atoms with Gasteiger partial charge in [-0.1, -0.05) is 31.8 Å². The van der Waals surface area contributed by atoms with Crippen molar-refractivity contribution in [1.29, 1.82) is 0 Å². The number of hydrogen-bond donors (Lipinski definition) is 4. The largest absolute Gasteiger partial charge is 0.444 e. The van der Waals surface area contributed by atoms with Crippen LogP contribution in [0.4, 0.5) is 9.59 Å². The minimum Gasteiger partial charge on any atom is -0.444 e. The van der Waals surface area contributed by atoms with E-state index < -0.39 is 23.4 Å². The van der Waals surface area contributed by atoms with E-state index in [0.29, 0.717) is 0 Å². The minimum absolute atomic E-state index is 0.00617. The molecular weight excluding hydrogens is 578 g/mol. The number of ether oxygens (including phenoxy) is 2. The van der Waals surface area contributed by atoms with Crippen molar-refractivity contribution >= 4 is 34.1 Å². The number of nitrogens with one attached hydrogen (secondary N) is 4. The number of carbonyl (C=O) groups is 2. The number of amides is 2. The Morgan fingerprint density at radius 2 is 1.28 bits per heavy atom. The van der Waals surface area contributed by atoms with E-state index in [1.54, 1.807) is 0 Å². The monoisotopic (exact) mass is 623 g/mol. The molecule has 2 aromatic heterocycles. The number of hydrogen-bond acceptors (Lipinski definition) is 5. The highest BCUT2D eigenvalue weighted by molar-refractivity contribution is 5.83. The summed E-state index contributed by atoms with van der Waals surface area (Å²) in [5.74, 6) is 7.32. The Kier molecular flexibility index (Phi) is 7.62. The fourth-order valence-corrected chi connectivity index (χ4v) is 5.79. The van der Waals surface area contributed by atoms with Crippen LogP contribution in [0.25, 0.3) is 21.9 Å². The Morgan fingerprint density at radius 1 is 0.761 bits per heavy atom. The van der Waals surface area contributed by atoms with Crippen molar-refractivity contribution in [2.45, 2.75) is 104 Å². The molecule has 2 amide bonds. The van der Waals surface area contributed by atoms with Gasteiger partial charge < -0.3 is 30.1 Å². The second kappa shape index (κ2) is 11.1. The first-order valence-electron chi connectivity index (χ1n) is 16.1. The van der Waals surface area contributed by atoms with Crippen LogP contribution in [0.15, 0.2) is 42.5 Å². The van der Waals surface area contributed by atoms with Gasteiger partial charge in [-0.2, -0.15) is 0 Å². The standard InChI is InChI=1S/C37H45N5O4/c1-34(2,3)45-32(43)41-29(36(7)15-16-36)28-21-24-13-11-22(19-26(24)38-28)9-10-23-12-14-25-27(20-23)40-31(39-25)30(37(8)17-18-37)42-33(44)46-35(4,5)6/h11-14,19-21,29-30,38H,15-18H2,1-8H3,(H,39,40)(H,41,43)(H,42,44)/t29-,30-/m1/s1. The predicted molar refractivity (Wildman–Crippen MR) is 179 cm³/mol. The molecule has 2 aliphatic carbocycles. The number of carbonyl (C=O) groups excluding carboxylic acids is 2. The minimum atomic E-state index is -0.579. The molecule has 9 heteroatoms. The summed E-state index contributed by atoms with van der Waals surface area (Å²) in [5, 5.41) is 7.23. The first kappa shape index (κ1) is 31.5. The SMILES string of the molecule is CC(C)(C)OC(=O)N[C@H](c1cc2ccc(C#Cc3ccc4nc([C@@H](NC(=O)OC(C)(C)C)C5(C)CC5)[nH]c4c3)cc2[nH]1)C1(C)CC1. The van der Waals surface area contributed by atoms with Crippen molar-refractivity contribution in [2.75, 3.05) is 0 Å². The lowest BCUT2D eigenvalue weighted by molar-refractivity contribution is 0.0468. The summed E-state index contributed by atoms with van der Waals surface area (Å²) in [5.41, 5.74) is 4.14. The summed E-state index contributed by atoms with van der Waals surface area (Å²) in [6.07, 6.45) is 3.25. The third-order valence-corrected chi connectivity index (χ3v) is 8.87. The Bertz CT molecular complexity index is 1730. The van der Waals surface area contributed by atoms with E-state index in [0.717, 1.165) is 70.3 Å². The number of H-pyrrole nitrogens is 2. The van der Waals surface area contributed by atoms with Gasteiger partial charge >= 0.3 is 12.2 Å². The zero-order valence-electron chi connectivity index (χ0n) is 28.1. The van der Waals surface area contributed by atoms with E-state index in [4.69, 9.17) is 14.5 Å². The van der Waals surface area contributed by atoms with Gasteiger partial charge in [0.25, 0.3) is 0 Å². The van der Waals surface area contributed by atoms with Crippen LogP contribution in [-0.2, 0) is 9.47 Å². The molecule has 2 aliphatic rings. The number of fused-ring (bicyclic) bond motifs is 2. The van der Waals surface area contributed by atoms with Gasteiger partial charge in [0.15, 0.2) is 0 Å². The molecule has 0 radical (unpaired) electrons. The maximum Gasteiger partial charge on any atom is 0.408 e. The van der Waals surface area contributed by atoms with Crippen LogP contribution in [-0.4, -0.2) is 38.3 Å². The van der Waals surface area contributed by atoms with Crippen LogP contribution < -0.4 is 10.6 Å². The molecule has 4 aromatic rings. The van der Waals surface area contributed by atoms with E-state index >= 15 is 0 Å².